The van der Waals surface area contributed by atoms with E-state index in [1.807, 2.05) is 24.3 Å². The van der Waals surface area contributed by atoms with Crippen molar-refractivity contribution in [3.05, 3.63) is 95.6 Å². The lowest BCUT2D eigenvalue weighted by atomic mass is 9.44. The second-order valence-electron chi connectivity index (χ2n) is 16.8. The van der Waals surface area contributed by atoms with Crippen LogP contribution in [0.1, 0.15) is 108 Å². The zero-order valence-corrected chi connectivity index (χ0v) is 30.7. The van der Waals surface area contributed by atoms with Gasteiger partial charge in [0.1, 0.15) is 17.1 Å². The molecule has 4 saturated carbocycles. The molecule has 7 rings (SSSR count). The third kappa shape index (κ3) is 6.13. The van der Waals surface area contributed by atoms with E-state index in [2.05, 4.69) is 75.4 Å². The topological polar surface area (TPSA) is 47.9 Å². The van der Waals surface area contributed by atoms with Gasteiger partial charge in [0.2, 0.25) is 0 Å². The van der Waals surface area contributed by atoms with Crippen LogP contribution < -0.4 is 9.47 Å². The molecule has 0 bridgehead atoms. The van der Waals surface area contributed by atoms with Crippen molar-refractivity contribution < 1.29 is 19.3 Å². The highest BCUT2D eigenvalue weighted by Crippen LogP contribution is 2.68. The quantitative estimate of drug-likeness (QED) is 0.164. The number of aliphatic hydroxyl groups is 1. The molecule has 1 unspecified atom stereocenters. The van der Waals surface area contributed by atoms with Crippen LogP contribution in [0.4, 0.5) is 0 Å². The number of hydrogen-bond acceptors (Lipinski definition) is 4. The second kappa shape index (κ2) is 14.1. The van der Waals surface area contributed by atoms with Crippen molar-refractivity contribution in [2.45, 2.75) is 103 Å². The van der Waals surface area contributed by atoms with Crippen LogP contribution >= 0.6 is 0 Å². The van der Waals surface area contributed by atoms with Crippen molar-refractivity contribution in [2.75, 3.05) is 20.8 Å². The first-order valence-electron chi connectivity index (χ1n) is 19.4. The van der Waals surface area contributed by atoms with Gasteiger partial charge in [0.05, 0.1) is 20.3 Å². The molecule has 49 heavy (non-hydrogen) atoms. The number of ether oxygens (including phenoxy) is 3. The Labute approximate surface area is 296 Å². The van der Waals surface area contributed by atoms with Crippen LogP contribution in [0.3, 0.4) is 0 Å². The predicted molar refractivity (Wildman–Crippen MR) is 198 cm³/mol. The summed E-state index contributed by atoms with van der Waals surface area (Å²) in [5, 5.41) is 10.5. The number of benzene rings is 3. The van der Waals surface area contributed by atoms with Crippen LogP contribution in [0.15, 0.2) is 78.9 Å². The van der Waals surface area contributed by atoms with Crippen molar-refractivity contribution in [3.63, 3.8) is 0 Å². The number of rotatable bonds is 11. The molecule has 0 saturated heterocycles. The molecule has 4 nitrogen and oxygen atoms in total. The maximum absolute atomic E-state index is 10.5. The summed E-state index contributed by atoms with van der Waals surface area (Å²) in [6.45, 7) is 8.53. The van der Waals surface area contributed by atoms with Gasteiger partial charge in [-0.3, -0.25) is 0 Å². The third-order valence-electron chi connectivity index (χ3n) is 14.7. The smallest absolute Gasteiger partial charge is 0.143 e. The van der Waals surface area contributed by atoms with Gasteiger partial charge in [-0.15, -0.1) is 0 Å². The average molecular weight is 665 g/mol. The van der Waals surface area contributed by atoms with Crippen LogP contribution in [0, 0.1) is 46.3 Å². The van der Waals surface area contributed by atoms with Gasteiger partial charge in [0.25, 0.3) is 0 Å². The summed E-state index contributed by atoms with van der Waals surface area (Å²) in [7, 11) is 3.43. The van der Waals surface area contributed by atoms with Gasteiger partial charge in [-0.25, -0.2) is 0 Å². The number of methoxy groups -OCH3 is 2. The third-order valence-corrected chi connectivity index (χ3v) is 14.7. The minimum Gasteiger partial charge on any atom is -0.497 e. The normalized spacial score (nSPS) is 33.2. The fraction of sp³-hybridized carbons (Fsp3) is 0.600. The van der Waals surface area contributed by atoms with Gasteiger partial charge >= 0.3 is 0 Å². The second-order valence-corrected chi connectivity index (χ2v) is 16.8. The highest BCUT2D eigenvalue weighted by Gasteiger charge is 2.60. The minimum atomic E-state index is -0.754. The first kappa shape index (κ1) is 34.6. The van der Waals surface area contributed by atoms with Crippen molar-refractivity contribution >= 4 is 0 Å². The highest BCUT2D eigenvalue weighted by atomic mass is 16.5. The molecule has 0 spiro atoms. The summed E-state index contributed by atoms with van der Waals surface area (Å²) < 4.78 is 18.3. The Morgan fingerprint density at radius 3 is 1.94 bits per heavy atom. The number of fused-ring (bicyclic) bond motifs is 5. The summed E-state index contributed by atoms with van der Waals surface area (Å²) in [4.78, 5) is 0. The fourth-order valence-corrected chi connectivity index (χ4v) is 12.1. The molecule has 4 fully saturated rings. The Hall–Kier alpha value is -2.82. The molecule has 4 heteroatoms. The van der Waals surface area contributed by atoms with E-state index in [0.29, 0.717) is 23.4 Å². The van der Waals surface area contributed by atoms with Gasteiger partial charge in [-0.2, -0.15) is 0 Å². The molecule has 3 aromatic carbocycles. The molecular formula is C45H60O4. The van der Waals surface area contributed by atoms with Crippen molar-refractivity contribution in [1.29, 1.82) is 0 Å². The molecular weight excluding hydrogens is 604 g/mol. The molecule has 0 aliphatic heterocycles. The van der Waals surface area contributed by atoms with Crippen LogP contribution in [0.25, 0.3) is 0 Å². The van der Waals surface area contributed by atoms with E-state index in [1.165, 1.54) is 51.4 Å². The van der Waals surface area contributed by atoms with Crippen LogP contribution in [0.2, 0.25) is 0 Å². The molecule has 4 aliphatic rings. The zero-order chi connectivity index (χ0) is 34.2. The summed E-state index contributed by atoms with van der Waals surface area (Å²) >= 11 is 0. The molecule has 0 radical (unpaired) electrons. The van der Waals surface area contributed by atoms with Crippen LogP contribution in [0.5, 0.6) is 11.5 Å². The Bertz CT molecular complexity index is 1470. The largest absolute Gasteiger partial charge is 0.497 e. The summed E-state index contributed by atoms with van der Waals surface area (Å²) in [6, 6.07) is 27.4. The van der Waals surface area contributed by atoms with E-state index in [0.717, 1.165) is 77.0 Å². The molecule has 0 aromatic heterocycles. The van der Waals surface area contributed by atoms with E-state index in [9.17, 15) is 5.11 Å². The van der Waals surface area contributed by atoms with E-state index < -0.39 is 5.60 Å². The first-order chi connectivity index (χ1) is 23.7. The molecule has 264 valence electrons. The Morgan fingerprint density at radius 2 is 1.31 bits per heavy atom. The lowest BCUT2D eigenvalue weighted by molar-refractivity contribution is -0.129. The van der Waals surface area contributed by atoms with Crippen molar-refractivity contribution in [3.8, 4) is 11.5 Å². The monoisotopic (exact) mass is 664 g/mol. The number of aliphatic hydroxyl groups excluding tert-OH is 1. The summed E-state index contributed by atoms with van der Waals surface area (Å²) in [5.41, 5.74) is 3.46. The lowest BCUT2D eigenvalue weighted by Gasteiger charge is -2.61. The average Bonchev–Trinajstić information content (AvgIpc) is 3.50. The predicted octanol–water partition coefficient (Wildman–Crippen LogP) is 10.4. The van der Waals surface area contributed by atoms with Gasteiger partial charge in [0, 0.05) is 6.61 Å². The van der Waals surface area contributed by atoms with E-state index in [-0.39, 0.29) is 6.10 Å². The Balaban J connectivity index is 1.07. The molecule has 9 atom stereocenters. The Morgan fingerprint density at radius 1 is 0.714 bits per heavy atom. The van der Waals surface area contributed by atoms with Gasteiger partial charge in [-0.1, -0.05) is 75.4 Å². The zero-order valence-electron chi connectivity index (χ0n) is 30.7. The molecule has 0 amide bonds. The van der Waals surface area contributed by atoms with Crippen molar-refractivity contribution in [1.82, 2.24) is 0 Å². The summed E-state index contributed by atoms with van der Waals surface area (Å²) in [5.74, 6) is 6.50. The lowest BCUT2D eigenvalue weighted by Crippen LogP contribution is -2.54. The maximum atomic E-state index is 10.5. The van der Waals surface area contributed by atoms with E-state index >= 15 is 0 Å². The maximum Gasteiger partial charge on any atom is 0.143 e. The molecule has 4 aliphatic carbocycles. The first-order valence-corrected chi connectivity index (χ1v) is 19.4. The SMILES string of the molecule is COc1ccc(C(OCCC[C@@H](C)[C@H]2CC[C@H]3[C@@H]4CC[C@@H]5C[C@H](O)CC[C@]5(C)C4CC[C@]23C)(c2ccccc2)c2ccc(OC)cc2)cc1. The van der Waals surface area contributed by atoms with Crippen LogP contribution in [-0.2, 0) is 10.3 Å². The fourth-order valence-electron chi connectivity index (χ4n) is 12.1. The van der Waals surface area contributed by atoms with E-state index in [4.69, 9.17) is 14.2 Å². The highest BCUT2D eigenvalue weighted by molar-refractivity contribution is 5.49. The summed E-state index contributed by atoms with van der Waals surface area (Å²) in [6.07, 6.45) is 13.8. The number of hydrogen-bond donors (Lipinski definition) is 1. The molecule has 1 N–H and O–H groups in total. The molecule has 3 aromatic rings. The molecule has 0 heterocycles. The van der Waals surface area contributed by atoms with Gasteiger partial charge in [0.15, 0.2) is 0 Å². The Kier molecular flexibility index (Phi) is 9.94. The minimum absolute atomic E-state index is 0.0607. The van der Waals surface area contributed by atoms with Gasteiger partial charge in [-0.05, 0) is 158 Å². The van der Waals surface area contributed by atoms with Gasteiger partial charge < -0.3 is 19.3 Å². The van der Waals surface area contributed by atoms with Crippen molar-refractivity contribution in [2.24, 2.45) is 46.3 Å². The van der Waals surface area contributed by atoms with Crippen LogP contribution in [-0.4, -0.2) is 32.0 Å². The van der Waals surface area contributed by atoms with E-state index in [1.54, 1.807) is 14.2 Å². The standard InChI is InChI=1S/C45H60O4/c1-31(40-23-24-41-39-22-17-35-30-36(46)25-27-43(35,2)42(39)26-28-44(40,41)3)10-9-29-49-45(32-11-7-6-8-12-32,33-13-18-37(47-4)19-14-33)34-15-20-38(48-5)21-16-34/h6-8,11-16,18-21,31,35-36,39-42,46H,9-10,17,22-30H2,1-5H3/t31-,35-,36-,39+,40-,41+,42?,43+,44-/m1/s1.